The van der Waals surface area contributed by atoms with E-state index in [0.29, 0.717) is 21.4 Å². The number of anilines is 2. The Morgan fingerprint density at radius 1 is 1.00 bits per heavy atom. The highest BCUT2D eigenvalue weighted by Gasteiger charge is 2.37. The number of carbonyl (C=O) groups is 4. The van der Waals surface area contributed by atoms with E-state index >= 15 is 0 Å². The molecule has 0 atom stereocenters. The van der Waals surface area contributed by atoms with Gasteiger partial charge in [-0.3, -0.25) is 19.7 Å². The lowest BCUT2D eigenvalue weighted by atomic mass is 10.1. The molecule has 1 heterocycles. The minimum atomic E-state index is -0.844. The number of hydrogen-bond donors (Lipinski definition) is 2. The molecule has 0 saturated carbocycles. The number of urea groups is 1. The molecule has 0 spiro atoms. The van der Waals surface area contributed by atoms with Gasteiger partial charge in [-0.05, 0) is 60.2 Å². The van der Waals surface area contributed by atoms with Gasteiger partial charge in [0.2, 0.25) is 0 Å². The number of nitrogens with one attached hydrogen (secondary N) is 2. The highest BCUT2D eigenvalue weighted by atomic mass is 79.9. The average molecular weight is 629 g/mol. The lowest BCUT2D eigenvalue weighted by Crippen LogP contribution is -2.54. The van der Waals surface area contributed by atoms with E-state index in [1.54, 1.807) is 60.7 Å². The highest BCUT2D eigenvalue weighted by Crippen LogP contribution is 2.35. The van der Waals surface area contributed by atoms with Crippen molar-refractivity contribution in [3.8, 4) is 11.5 Å². The fraction of sp³-hybridized carbons (Fsp3) is 0.0769. The second kappa shape index (κ2) is 11.4. The molecule has 0 unspecified atom stereocenters. The zero-order chi connectivity index (χ0) is 26.5. The topological polar surface area (TPSA) is 114 Å². The molecular weight excluding hydrogens is 610 g/mol. The Morgan fingerprint density at radius 2 is 1.70 bits per heavy atom. The molecule has 37 heavy (non-hydrogen) atoms. The van der Waals surface area contributed by atoms with Gasteiger partial charge in [-0.15, -0.1) is 0 Å². The van der Waals surface area contributed by atoms with E-state index in [2.05, 4.69) is 42.5 Å². The lowest BCUT2D eigenvalue weighted by Gasteiger charge is -2.26. The van der Waals surface area contributed by atoms with Gasteiger partial charge in [0.15, 0.2) is 18.1 Å². The summed E-state index contributed by atoms with van der Waals surface area (Å²) in [5, 5.41) is 4.91. The van der Waals surface area contributed by atoms with Crippen molar-refractivity contribution in [3.05, 3.63) is 86.8 Å². The Hall–Kier alpha value is -3.96. The third kappa shape index (κ3) is 6.07. The van der Waals surface area contributed by atoms with Gasteiger partial charge in [-0.1, -0.05) is 50.1 Å². The van der Waals surface area contributed by atoms with Crippen LogP contribution in [-0.4, -0.2) is 37.5 Å². The van der Waals surface area contributed by atoms with Crippen molar-refractivity contribution < 1.29 is 28.7 Å². The van der Waals surface area contributed by atoms with Crippen LogP contribution in [0.25, 0.3) is 6.08 Å². The van der Waals surface area contributed by atoms with Crippen LogP contribution >= 0.6 is 31.9 Å². The van der Waals surface area contributed by atoms with E-state index in [0.717, 1.165) is 9.37 Å². The van der Waals surface area contributed by atoms with Crippen molar-refractivity contribution in [2.45, 2.75) is 0 Å². The number of imide groups is 2. The van der Waals surface area contributed by atoms with Gasteiger partial charge in [0.25, 0.3) is 17.7 Å². The molecule has 1 saturated heterocycles. The van der Waals surface area contributed by atoms with Crippen LogP contribution in [0.3, 0.4) is 0 Å². The van der Waals surface area contributed by atoms with Gasteiger partial charge in [-0.25, -0.2) is 9.69 Å². The van der Waals surface area contributed by atoms with Crippen LogP contribution in [0.5, 0.6) is 11.5 Å². The molecule has 0 aromatic heterocycles. The number of hydrogen-bond acceptors (Lipinski definition) is 6. The van der Waals surface area contributed by atoms with Gasteiger partial charge in [0.05, 0.1) is 12.8 Å². The summed E-state index contributed by atoms with van der Waals surface area (Å²) in [5.74, 6) is -1.43. The SMILES string of the molecule is COc1cc(/C=C2\C(=O)NC(=O)N(c3ccc(Br)cc3)C2=O)c(Br)cc1OCC(=O)Nc1ccccc1. The number of barbiturate groups is 1. The fourth-order valence-corrected chi connectivity index (χ4v) is 4.13. The normalized spacial score (nSPS) is 14.4. The number of carbonyl (C=O) groups excluding carboxylic acids is 4. The van der Waals surface area contributed by atoms with Crippen LogP contribution in [0.1, 0.15) is 5.56 Å². The lowest BCUT2D eigenvalue weighted by molar-refractivity contribution is -0.122. The first-order chi connectivity index (χ1) is 17.8. The summed E-state index contributed by atoms with van der Waals surface area (Å²) in [4.78, 5) is 51.2. The number of rotatable bonds is 7. The number of para-hydroxylation sites is 1. The van der Waals surface area contributed by atoms with Crippen LogP contribution in [-0.2, 0) is 14.4 Å². The van der Waals surface area contributed by atoms with E-state index in [4.69, 9.17) is 9.47 Å². The molecule has 4 rings (SSSR count). The van der Waals surface area contributed by atoms with Crippen LogP contribution < -0.4 is 25.0 Å². The Kier molecular flexibility index (Phi) is 8.04. The number of methoxy groups -OCH3 is 1. The summed E-state index contributed by atoms with van der Waals surface area (Å²) in [6.45, 7) is -0.275. The quantitative estimate of drug-likeness (QED) is 0.284. The Labute approximate surface area is 228 Å². The first kappa shape index (κ1) is 26.1. The number of benzene rings is 3. The molecule has 188 valence electrons. The summed E-state index contributed by atoms with van der Waals surface area (Å²) in [6.07, 6.45) is 1.34. The van der Waals surface area contributed by atoms with Crippen molar-refractivity contribution >= 4 is 73.1 Å². The monoisotopic (exact) mass is 627 g/mol. The summed E-state index contributed by atoms with van der Waals surface area (Å²) in [5.41, 5.74) is 1.11. The van der Waals surface area contributed by atoms with Crippen molar-refractivity contribution in [2.75, 3.05) is 23.9 Å². The summed E-state index contributed by atoms with van der Waals surface area (Å²) in [6, 6.07) is 17.7. The maximum Gasteiger partial charge on any atom is 0.335 e. The first-order valence-corrected chi connectivity index (χ1v) is 12.4. The summed E-state index contributed by atoms with van der Waals surface area (Å²) < 4.78 is 12.3. The van der Waals surface area contributed by atoms with E-state index in [1.165, 1.54) is 13.2 Å². The number of ether oxygens (including phenoxy) is 2. The predicted octanol–water partition coefficient (Wildman–Crippen LogP) is 4.90. The maximum absolute atomic E-state index is 13.1. The summed E-state index contributed by atoms with van der Waals surface area (Å²) >= 11 is 6.72. The highest BCUT2D eigenvalue weighted by molar-refractivity contribution is 9.10. The van der Waals surface area contributed by atoms with Crippen LogP contribution in [0, 0.1) is 0 Å². The molecule has 1 aliphatic heterocycles. The zero-order valence-corrected chi connectivity index (χ0v) is 22.5. The Morgan fingerprint density at radius 3 is 2.38 bits per heavy atom. The molecular formula is C26H19Br2N3O6. The standard InChI is InChI=1S/C26H19Br2N3O6/c1-36-21-12-15(20(28)13-22(21)37-14-23(32)29-17-5-3-2-4-6-17)11-19-24(33)30-26(35)31(25(19)34)18-9-7-16(27)8-10-18/h2-13H,14H2,1H3,(H,29,32)(H,30,33,35)/b19-11+. The van der Waals surface area contributed by atoms with Gasteiger partial charge in [0.1, 0.15) is 5.57 Å². The molecule has 2 N–H and O–H groups in total. The van der Waals surface area contributed by atoms with Crippen LogP contribution in [0.15, 0.2) is 81.2 Å². The van der Waals surface area contributed by atoms with Gasteiger partial charge in [0, 0.05) is 14.6 Å². The molecule has 0 bridgehead atoms. The molecule has 0 aliphatic carbocycles. The van der Waals surface area contributed by atoms with Crippen molar-refractivity contribution in [3.63, 3.8) is 0 Å². The molecule has 3 aromatic rings. The van der Waals surface area contributed by atoms with E-state index < -0.39 is 17.8 Å². The van der Waals surface area contributed by atoms with Crippen LogP contribution in [0.2, 0.25) is 0 Å². The maximum atomic E-state index is 13.1. The molecule has 0 radical (unpaired) electrons. The van der Waals surface area contributed by atoms with Crippen molar-refractivity contribution in [2.24, 2.45) is 0 Å². The van der Waals surface area contributed by atoms with E-state index in [1.807, 2.05) is 6.07 Å². The van der Waals surface area contributed by atoms with E-state index in [-0.39, 0.29) is 29.6 Å². The zero-order valence-electron chi connectivity index (χ0n) is 19.3. The Balaban J connectivity index is 1.56. The van der Waals surface area contributed by atoms with Gasteiger partial charge < -0.3 is 14.8 Å². The molecule has 5 amide bonds. The number of amides is 5. The largest absolute Gasteiger partial charge is 0.493 e. The third-order valence-corrected chi connectivity index (χ3v) is 6.40. The minimum absolute atomic E-state index is 0.249. The molecule has 3 aromatic carbocycles. The first-order valence-electron chi connectivity index (χ1n) is 10.8. The van der Waals surface area contributed by atoms with Crippen molar-refractivity contribution in [1.29, 1.82) is 0 Å². The predicted molar refractivity (Wildman–Crippen MR) is 144 cm³/mol. The molecule has 9 nitrogen and oxygen atoms in total. The summed E-state index contributed by atoms with van der Waals surface area (Å²) in [7, 11) is 1.42. The third-order valence-electron chi connectivity index (χ3n) is 5.19. The van der Waals surface area contributed by atoms with E-state index in [9.17, 15) is 19.2 Å². The smallest absolute Gasteiger partial charge is 0.335 e. The van der Waals surface area contributed by atoms with Crippen LogP contribution in [0.4, 0.5) is 16.2 Å². The van der Waals surface area contributed by atoms with Crippen molar-refractivity contribution in [1.82, 2.24) is 5.32 Å². The minimum Gasteiger partial charge on any atom is -0.493 e. The Bertz CT molecular complexity index is 1410. The van der Waals surface area contributed by atoms with Gasteiger partial charge >= 0.3 is 6.03 Å². The fourth-order valence-electron chi connectivity index (χ4n) is 3.43. The number of nitrogens with zero attached hydrogens (tertiary/aromatic N) is 1. The second-order valence-electron chi connectivity index (χ2n) is 7.66. The van der Waals surface area contributed by atoms with Gasteiger partial charge in [-0.2, -0.15) is 0 Å². The molecule has 11 heteroatoms. The average Bonchev–Trinajstić information content (AvgIpc) is 2.87. The molecule has 1 fully saturated rings. The second-order valence-corrected chi connectivity index (χ2v) is 9.43. The molecule has 1 aliphatic rings. The number of halogens is 2.